The van der Waals surface area contributed by atoms with Gasteiger partial charge in [-0.25, -0.2) is 9.97 Å². The van der Waals surface area contributed by atoms with Crippen LogP contribution in [0.3, 0.4) is 0 Å². The molecule has 1 aliphatic rings. The van der Waals surface area contributed by atoms with Crippen LogP contribution in [-0.4, -0.2) is 61.0 Å². The van der Waals surface area contributed by atoms with Crippen molar-refractivity contribution in [1.82, 2.24) is 14.9 Å². The summed E-state index contributed by atoms with van der Waals surface area (Å²) in [5.41, 5.74) is 0.574. The molecule has 6 nitrogen and oxygen atoms in total. The van der Waals surface area contributed by atoms with Gasteiger partial charge in [-0.05, 0) is 24.3 Å². The van der Waals surface area contributed by atoms with Gasteiger partial charge in [0.05, 0.1) is 0 Å². The van der Waals surface area contributed by atoms with Gasteiger partial charge < -0.3 is 14.7 Å². The Morgan fingerprint density at radius 3 is 2.54 bits per heavy atom. The lowest BCUT2D eigenvalue weighted by atomic mass is 10.2. The second kappa shape index (κ2) is 7.05. The van der Waals surface area contributed by atoms with Crippen LogP contribution in [0.15, 0.2) is 36.5 Å². The van der Waals surface area contributed by atoms with Gasteiger partial charge in [-0.3, -0.25) is 4.79 Å². The van der Waals surface area contributed by atoms with Gasteiger partial charge >= 0.3 is 0 Å². The predicted octanol–water partition coefficient (Wildman–Crippen LogP) is 2.16. The fourth-order valence-corrected chi connectivity index (χ4v) is 2.90. The minimum Gasteiger partial charge on any atom is -0.363 e. The first-order valence-electron chi connectivity index (χ1n) is 7.85. The Balaban J connectivity index is 1.69. The van der Waals surface area contributed by atoms with E-state index in [0.29, 0.717) is 29.6 Å². The number of aromatic nitrogens is 2. The summed E-state index contributed by atoms with van der Waals surface area (Å²) in [6.07, 6.45) is 1.79. The molecule has 3 rings (SSSR count). The van der Waals surface area contributed by atoms with Gasteiger partial charge in [-0.2, -0.15) is 0 Å². The third-order valence-electron chi connectivity index (χ3n) is 4.03. The molecular weight excluding hydrogens is 326 g/mol. The second-order valence-electron chi connectivity index (χ2n) is 5.90. The van der Waals surface area contributed by atoms with Crippen molar-refractivity contribution in [2.75, 3.05) is 50.1 Å². The van der Waals surface area contributed by atoms with E-state index in [0.717, 1.165) is 18.9 Å². The molecular formula is C17H20ClN5O. The highest BCUT2D eigenvalue weighted by Crippen LogP contribution is 2.19. The van der Waals surface area contributed by atoms with Crippen LogP contribution in [0.1, 0.15) is 10.4 Å². The first kappa shape index (κ1) is 16.5. The highest BCUT2D eigenvalue weighted by Gasteiger charge is 2.23. The Labute approximate surface area is 146 Å². The summed E-state index contributed by atoms with van der Waals surface area (Å²) in [6.45, 7) is 2.85. The normalized spacial score (nSPS) is 14.6. The van der Waals surface area contributed by atoms with Crippen LogP contribution >= 0.6 is 11.6 Å². The summed E-state index contributed by atoms with van der Waals surface area (Å²) in [7, 11) is 3.75. The SMILES string of the molecule is CN(C)c1cc(C(=O)N2CCN(c3ccccn3)CC2)cc(Cl)n1. The van der Waals surface area contributed by atoms with Crippen molar-refractivity contribution in [1.29, 1.82) is 0 Å². The average molecular weight is 346 g/mol. The van der Waals surface area contributed by atoms with E-state index >= 15 is 0 Å². The third-order valence-corrected chi connectivity index (χ3v) is 4.22. The molecule has 0 radical (unpaired) electrons. The van der Waals surface area contributed by atoms with Crippen molar-refractivity contribution in [3.63, 3.8) is 0 Å². The molecule has 0 unspecified atom stereocenters. The number of carbonyl (C=O) groups excluding carboxylic acids is 1. The van der Waals surface area contributed by atoms with Crippen molar-refractivity contribution < 1.29 is 4.79 Å². The van der Waals surface area contributed by atoms with Crippen LogP contribution < -0.4 is 9.80 Å². The smallest absolute Gasteiger partial charge is 0.254 e. The second-order valence-corrected chi connectivity index (χ2v) is 6.29. The molecule has 0 spiro atoms. The van der Waals surface area contributed by atoms with E-state index in [4.69, 9.17) is 11.6 Å². The zero-order valence-corrected chi connectivity index (χ0v) is 14.6. The van der Waals surface area contributed by atoms with Crippen molar-refractivity contribution in [3.05, 3.63) is 47.2 Å². The Morgan fingerprint density at radius 2 is 1.92 bits per heavy atom. The van der Waals surface area contributed by atoms with Crippen LogP contribution in [0, 0.1) is 0 Å². The van der Waals surface area contributed by atoms with E-state index in [1.54, 1.807) is 18.3 Å². The first-order valence-corrected chi connectivity index (χ1v) is 8.22. The third kappa shape index (κ3) is 3.59. The summed E-state index contributed by atoms with van der Waals surface area (Å²) in [6, 6.07) is 9.27. The number of hydrogen-bond acceptors (Lipinski definition) is 5. The highest BCUT2D eigenvalue weighted by molar-refractivity contribution is 6.29. The number of piperazine rings is 1. The number of amides is 1. The molecule has 7 heteroatoms. The molecule has 1 saturated heterocycles. The van der Waals surface area contributed by atoms with E-state index in [-0.39, 0.29) is 5.91 Å². The zero-order valence-electron chi connectivity index (χ0n) is 13.8. The monoisotopic (exact) mass is 345 g/mol. The number of rotatable bonds is 3. The summed E-state index contributed by atoms with van der Waals surface area (Å²) in [5.74, 6) is 1.62. The maximum atomic E-state index is 12.8. The molecule has 2 aromatic rings. The van der Waals surface area contributed by atoms with Gasteiger partial charge in [0.25, 0.3) is 5.91 Å². The Morgan fingerprint density at radius 1 is 1.17 bits per heavy atom. The molecule has 0 bridgehead atoms. The van der Waals surface area contributed by atoms with Crippen molar-refractivity contribution in [2.45, 2.75) is 0 Å². The van der Waals surface area contributed by atoms with Crippen LogP contribution in [0.2, 0.25) is 5.15 Å². The standard InChI is InChI=1S/C17H20ClN5O/c1-21(2)16-12-13(11-14(18)20-16)17(24)23-9-7-22(8-10-23)15-5-3-4-6-19-15/h3-6,11-12H,7-10H2,1-2H3. The van der Waals surface area contributed by atoms with E-state index in [2.05, 4.69) is 14.9 Å². The molecule has 2 aromatic heterocycles. The summed E-state index contributed by atoms with van der Waals surface area (Å²) >= 11 is 6.06. The Kier molecular flexibility index (Phi) is 4.85. The highest BCUT2D eigenvalue weighted by atomic mass is 35.5. The minimum atomic E-state index is -0.0110. The van der Waals surface area contributed by atoms with E-state index in [9.17, 15) is 4.79 Å². The lowest BCUT2D eigenvalue weighted by Crippen LogP contribution is -2.49. The fraction of sp³-hybridized carbons (Fsp3) is 0.353. The maximum Gasteiger partial charge on any atom is 0.254 e. The van der Waals surface area contributed by atoms with Gasteiger partial charge in [0.1, 0.15) is 16.8 Å². The van der Waals surface area contributed by atoms with Gasteiger partial charge in [-0.1, -0.05) is 17.7 Å². The maximum absolute atomic E-state index is 12.8. The summed E-state index contributed by atoms with van der Waals surface area (Å²) < 4.78 is 0. The number of nitrogens with zero attached hydrogens (tertiary/aromatic N) is 5. The molecule has 0 saturated carbocycles. The number of pyridine rings is 2. The molecule has 126 valence electrons. The van der Waals surface area contributed by atoms with Crippen LogP contribution in [0.5, 0.6) is 0 Å². The van der Waals surface area contributed by atoms with Gasteiger partial charge in [0.2, 0.25) is 0 Å². The Bertz CT molecular complexity index is 714. The molecule has 0 atom stereocenters. The largest absolute Gasteiger partial charge is 0.363 e. The number of halogens is 1. The lowest BCUT2D eigenvalue weighted by Gasteiger charge is -2.35. The summed E-state index contributed by atoms with van der Waals surface area (Å²) in [5, 5.41) is 0.330. The number of hydrogen-bond donors (Lipinski definition) is 0. The molecule has 1 fully saturated rings. The predicted molar refractivity (Wildman–Crippen MR) is 95.9 cm³/mol. The fourth-order valence-electron chi connectivity index (χ4n) is 2.70. The quantitative estimate of drug-likeness (QED) is 0.798. The van der Waals surface area contributed by atoms with Crippen LogP contribution in [0.25, 0.3) is 0 Å². The lowest BCUT2D eigenvalue weighted by molar-refractivity contribution is 0.0746. The topological polar surface area (TPSA) is 52.6 Å². The first-order chi connectivity index (χ1) is 11.5. The molecule has 0 aromatic carbocycles. The van der Waals surface area contributed by atoms with Crippen molar-refractivity contribution in [2.24, 2.45) is 0 Å². The molecule has 24 heavy (non-hydrogen) atoms. The van der Waals surface area contributed by atoms with Crippen molar-refractivity contribution in [3.8, 4) is 0 Å². The zero-order chi connectivity index (χ0) is 17.1. The average Bonchev–Trinajstić information content (AvgIpc) is 2.61. The molecule has 1 aliphatic heterocycles. The summed E-state index contributed by atoms with van der Waals surface area (Å²) in [4.78, 5) is 27.2. The minimum absolute atomic E-state index is 0.0110. The molecule has 0 N–H and O–H groups in total. The molecule has 3 heterocycles. The van der Waals surface area contributed by atoms with Gasteiger partial charge in [0.15, 0.2) is 0 Å². The van der Waals surface area contributed by atoms with Crippen LogP contribution in [0.4, 0.5) is 11.6 Å². The number of carbonyl (C=O) groups is 1. The van der Waals surface area contributed by atoms with E-state index in [1.807, 2.05) is 42.1 Å². The molecule has 0 aliphatic carbocycles. The van der Waals surface area contributed by atoms with Gasteiger partial charge in [0, 0.05) is 52.0 Å². The van der Waals surface area contributed by atoms with E-state index in [1.165, 1.54) is 0 Å². The Hall–Kier alpha value is -2.34. The van der Waals surface area contributed by atoms with Crippen LogP contribution in [-0.2, 0) is 0 Å². The van der Waals surface area contributed by atoms with Crippen molar-refractivity contribution >= 4 is 29.1 Å². The molecule has 1 amide bonds. The van der Waals surface area contributed by atoms with E-state index < -0.39 is 0 Å². The number of anilines is 2. The van der Waals surface area contributed by atoms with Gasteiger partial charge in [-0.15, -0.1) is 0 Å².